The first kappa shape index (κ1) is 15.4. The lowest BCUT2D eigenvalue weighted by Gasteiger charge is -2.53. The number of ether oxygens (including phenoxy) is 1. The zero-order chi connectivity index (χ0) is 14.0. The second kappa shape index (κ2) is 6.71. The van der Waals surface area contributed by atoms with Crippen LogP contribution in [0.25, 0.3) is 0 Å². The van der Waals surface area contributed by atoms with Gasteiger partial charge in [-0.05, 0) is 38.5 Å². The highest BCUT2D eigenvalue weighted by atomic mass is 32.3. The van der Waals surface area contributed by atoms with Crippen LogP contribution in [-0.4, -0.2) is 38.0 Å². The van der Waals surface area contributed by atoms with Gasteiger partial charge in [-0.2, -0.15) is 0 Å². The van der Waals surface area contributed by atoms with Gasteiger partial charge >= 0.3 is 5.97 Å². The van der Waals surface area contributed by atoms with E-state index in [0.717, 1.165) is 44.9 Å². The van der Waals surface area contributed by atoms with Crippen LogP contribution in [0.5, 0.6) is 0 Å². The van der Waals surface area contributed by atoms with E-state index in [9.17, 15) is 4.79 Å². The van der Waals surface area contributed by atoms with Crippen molar-refractivity contribution in [2.45, 2.75) is 58.7 Å². The van der Waals surface area contributed by atoms with Gasteiger partial charge in [0.2, 0.25) is 0 Å². The van der Waals surface area contributed by atoms with Gasteiger partial charge < -0.3 is 9.84 Å². The Morgan fingerprint density at radius 1 is 1.00 bits per heavy atom. The van der Waals surface area contributed by atoms with Gasteiger partial charge in [0.05, 0.1) is 25.8 Å². The van der Waals surface area contributed by atoms with Crippen molar-refractivity contribution in [1.82, 2.24) is 0 Å². The quantitative estimate of drug-likeness (QED) is 0.568. The van der Waals surface area contributed by atoms with E-state index >= 15 is 0 Å². The molecule has 114 valence electrons. The van der Waals surface area contributed by atoms with Crippen LogP contribution in [0.1, 0.15) is 44.9 Å². The molecule has 0 amide bonds. The normalized spacial score (nSPS) is 38.1. The average molecular weight is 335 g/mol. The van der Waals surface area contributed by atoms with E-state index in [1.807, 2.05) is 0 Å². The first-order valence-corrected chi connectivity index (χ1v) is 10.3. The summed E-state index contributed by atoms with van der Waals surface area (Å²) < 4.78 is 7.43. The predicted molar refractivity (Wildman–Crippen MR) is 86.9 cm³/mol. The van der Waals surface area contributed by atoms with Crippen LogP contribution in [0.15, 0.2) is 0 Å². The number of aliphatic hydroxyl groups is 1. The molecule has 4 heterocycles. The number of esters is 1. The summed E-state index contributed by atoms with van der Waals surface area (Å²) in [5.74, 6) is 0.0700. The van der Waals surface area contributed by atoms with Gasteiger partial charge in [-0.15, -0.1) is 35.3 Å². The molecule has 0 aromatic rings. The average Bonchev–Trinajstić information content (AvgIpc) is 2.41. The van der Waals surface area contributed by atoms with E-state index in [0.29, 0.717) is 20.4 Å². The Hall–Kier alpha value is 0.480. The van der Waals surface area contributed by atoms with Crippen molar-refractivity contribution in [3.8, 4) is 0 Å². The topological polar surface area (TPSA) is 46.5 Å². The van der Waals surface area contributed by atoms with Gasteiger partial charge in [0.1, 0.15) is 0 Å². The maximum absolute atomic E-state index is 12.5. The molecule has 0 atom stereocenters. The van der Waals surface area contributed by atoms with Gasteiger partial charge in [0, 0.05) is 6.61 Å². The Balaban J connectivity index is 1.45. The van der Waals surface area contributed by atoms with Crippen molar-refractivity contribution in [1.29, 1.82) is 0 Å². The molecule has 0 radical (unpaired) electrons. The molecule has 4 rings (SSSR count). The standard InChI is InChI=1S/C14H22O3S3/c15-5-3-1-2-4-6-17-13(16)14-7-10-18-11(8-14)20-12(9-14)19-10/h10-12,15H,1-9H2. The van der Waals surface area contributed by atoms with E-state index in [1.54, 1.807) is 0 Å². The lowest BCUT2D eigenvalue weighted by Crippen LogP contribution is -2.49. The lowest BCUT2D eigenvalue weighted by atomic mass is 9.78. The minimum atomic E-state index is -0.160. The lowest BCUT2D eigenvalue weighted by molar-refractivity contribution is -0.157. The van der Waals surface area contributed by atoms with E-state index in [-0.39, 0.29) is 18.0 Å². The molecule has 0 saturated carbocycles. The molecule has 0 aromatic heterocycles. The third-order valence-electron chi connectivity index (χ3n) is 4.30. The number of unbranched alkanes of at least 4 members (excludes halogenated alkanes) is 3. The zero-order valence-corrected chi connectivity index (χ0v) is 14.0. The number of hydrogen-bond donors (Lipinski definition) is 1. The number of thioether (sulfide) groups is 3. The van der Waals surface area contributed by atoms with Gasteiger partial charge in [-0.25, -0.2) is 0 Å². The Morgan fingerprint density at radius 2 is 1.55 bits per heavy atom. The third kappa shape index (κ3) is 3.28. The van der Waals surface area contributed by atoms with Gasteiger partial charge in [0.25, 0.3) is 0 Å². The summed E-state index contributed by atoms with van der Waals surface area (Å²) in [5, 5.41) is 8.72. The molecule has 0 unspecified atom stereocenters. The van der Waals surface area contributed by atoms with Crippen LogP contribution >= 0.6 is 35.3 Å². The van der Waals surface area contributed by atoms with E-state index in [2.05, 4.69) is 35.3 Å². The third-order valence-corrected chi connectivity index (χ3v) is 9.12. The fraction of sp³-hybridized carbons (Fsp3) is 0.929. The van der Waals surface area contributed by atoms with Crippen LogP contribution in [0, 0.1) is 5.41 Å². The van der Waals surface area contributed by atoms with Crippen molar-refractivity contribution in [2.24, 2.45) is 5.41 Å². The second-order valence-electron chi connectivity index (χ2n) is 5.86. The fourth-order valence-electron chi connectivity index (χ4n) is 3.24. The molecule has 4 saturated heterocycles. The molecular formula is C14H22O3S3. The maximum atomic E-state index is 12.5. The molecule has 6 heteroatoms. The highest BCUT2D eigenvalue weighted by Gasteiger charge is 2.57. The minimum Gasteiger partial charge on any atom is -0.465 e. The number of rotatable bonds is 7. The van der Waals surface area contributed by atoms with Crippen molar-refractivity contribution in [2.75, 3.05) is 13.2 Å². The molecular weight excluding hydrogens is 312 g/mol. The monoisotopic (exact) mass is 334 g/mol. The highest BCUT2D eigenvalue weighted by Crippen LogP contribution is 2.66. The molecule has 0 aromatic carbocycles. The Bertz CT molecular complexity index is 326. The van der Waals surface area contributed by atoms with E-state index < -0.39 is 0 Å². The van der Waals surface area contributed by atoms with Crippen molar-refractivity contribution < 1.29 is 14.6 Å². The second-order valence-corrected chi connectivity index (χ2v) is 11.0. The molecule has 4 aliphatic heterocycles. The van der Waals surface area contributed by atoms with Crippen LogP contribution in [0.4, 0.5) is 0 Å². The Labute approximate surface area is 133 Å². The summed E-state index contributed by atoms with van der Waals surface area (Å²) >= 11 is 6.17. The van der Waals surface area contributed by atoms with Crippen molar-refractivity contribution in [3.63, 3.8) is 0 Å². The highest BCUT2D eigenvalue weighted by molar-refractivity contribution is 8.33. The number of carbonyl (C=O) groups is 1. The molecule has 4 bridgehead atoms. The molecule has 4 fully saturated rings. The van der Waals surface area contributed by atoms with Crippen molar-refractivity contribution in [3.05, 3.63) is 0 Å². The van der Waals surface area contributed by atoms with Gasteiger partial charge in [0.15, 0.2) is 0 Å². The summed E-state index contributed by atoms with van der Waals surface area (Å²) in [6.45, 7) is 0.819. The fourth-order valence-corrected chi connectivity index (χ4v) is 10.6. The predicted octanol–water partition coefficient (Wildman–Crippen LogP) is 3.46. The molecule has 1 N–H and O–H groups in total. The van der Waals surface area contributed by atoms with Gasteiger partial charge in [-0.3, -0.25) is 4.79 Å². The SMILES string of the molecule is O=C(OCCCCCCO)C12CC3SC(C1)SC(C2)S3. The smallest absolute Gasteiger partial charge is 0.312 e. The summed E-state index contributed by atoms with van der Waals surface area (Å²) in [6, 6.07) is 0. The number of carbonyl (C=O) groups excluding carboxylic acids is 1. The summed E-state index contributed by atoms with van der Waals surface area (Å²) in [5.41, 5.74) is -0.160. The number of hydrogen-bond acceptors (Lipinski definition) is 6. The van der Waals surface area contributed by atoms with Crippen LogP contribution in [0.3, 0.4) is 0 Å². The van der Waals surface area contributed by atoms with Crippen LogP contribution in [0.2, 0.25) is 0 Å². The number of aliphatic hydroxyl groups excluding tert-OH is 1. The summed E-state index contributed by atoms with van der Waals surface area (Å²) in [6.07, 6.45) is 6.88. The molecule has 4 aliphatic rings. The van der Waals surface area contributed by atoms with Crippen LogP contribution in [-0.2, 0) is 9.53 Å². The zero-order valence-electron chi connectivity index (χ0n) is 11.6. The minimum absolute atomic E-state index is 0.0700. The summed E-state index contributed by atoms with van der Waals surface area (Å²) in [7, 11) is 0. The molecule has 0 aliphatic carbocycles. The first-order chi connectivity index (χ1) is 9.72. The Morgan fingerprint density at radius 3 is 2.10 bits per heavy atom. The Kier molecular flexibility index (Phi) is 5.16. The molecule has 3 nitrogen and oxygen atoms in total. The van der Waals surface area contributed by atoms with Crippen molar-refractivity contribution >= 4 is 41.3 Å². The maximum Gasteiger partial charge on any atom is 0.312 e. The van der Waals surface area contributed by atoms with E-state index in [1.165, 1.54) is 0 Å². The largest absolute Gasteiger partial charge is 0.465 e. The van der Waals surface area contributed by atoms with Crippen LogP contribution < -0.4 is 0 Å². The first-order valence-electron chi connectivity index (χ1n) is 7.46. The summed E-state index contributed by atoms with van der Waals surface area (Å²) in [4.78, 5) is 12.5. The van der Waals surface area contributed by atoms with Gasteiger partial charge in [-0.1, -0.05) is 6.42 Å². The van der Waals surface area contributed by atoms with E-state index in [4.69, 9.17) is 9.84 Å². The molecule has 20 heavy (non-hydrogen) atoms. The molecule has 0 spiro atoms.